The van der Waals surface area contributed by atoms with Crippen molar-refractivity contribution in [1.82, 2.24) is 0 Å². The molecule has 0 N–H and O–H groups in total. The van der Waals surface area contributed by atoms with E-state index in [0.29, 0.717) is 12.2 Å². The van der Waals surface area contributed by atoms with E-state index in [9.17, 15) is 0 Å². The Morgan fingerprint density at radius 2 is 2.00 bits per heavy atom. The Hall–Kier alpha value is -2.80. The first-order valence-electron chi connectivity index (χ1n) is 6.53. The van der Waals surface area contributed by atoms with Crippen molar-refractivity contribution in [3.63, 3.8) is 0 Å². The van der Waals surface area contributed by atoms with Gasteiger partial charge in [0, 0.05) is 5.56 Å². The van der Waals surface area contributed by atoms with E-state index >= 15 is 0 Å². The topological polar surface area (TPSA) is 54.6 Å². The highest BCUT2D eigenvalue weighted by atomic mass is 16.6. The smallest absolute Gasteiger partial charge is 0.186 e. The molecule has 0 bridgehead atoms. The molecule has 0 saturated heterocycles. The zero-order valence-corrected chi connectivity index (χ0v) is 12.0. The minimum absolute atomic E-state index is 0.245. The van der Waals surface area contributed by atoms with Gasteiger partial charge in [-0.3, -0.25) is 0 Å². The highest BCUT2D eigenvalue weighted by Crippen LogP contribution is 2.15. The van der Waals surface area contributed by atoms with Crippen LogP contribution in [-0.2, 0) is 11.4 Å². The van der Waals surface area contributed by atoms with Crippen LogP contribution in [0.2, 0.25) is 0 Å². The molecule has 4 nitrogen and oxygen atoms in total. The first-order chi connectivity index (χ1) is 10.2. The second-order valence-electron chi connectivity index (χ2n) is 4.54. The monoisotopic (exact) mass is 280 g/mol. The van der Waals surface area contributed by atoms with Crippen LogP contribution in [0.25, 0.3) is 0 Å². The van der Waals surface area contributed by atoms with Crippen LogP contribution in [0, 0.1) is 18.3 Å². The molecule has 0 aliphatic carbocycles. The van der Waals surface area contributed by atoms with E-state index in [-0.39, 0.29) is 5.71 Å². The Labute approximate surface area is 124 Å². The van der Waals surface area contributed by atoms with Crippen LogP contribution >= 0.6 is 0 Å². The van der Waals surface area contributed by atoms with Crippen LogP contribution in [0.1, 0.15) is 16.7 Å². The Kier molecular flexibility index (Phi) is 4.94. The Morgan fingerprint density at radius 1 is 1.19 bits per heavy atom. The number of nitriles is 1. The molecule has 2 rings (SSSR count). The summed E-state index contributed by atoms with van der Waals surface area (Å²) >= 11 is 0. The molecule has 106 valence electrons. The van der Waals surface area contributed by atoms with Crippen molar-refractivity contribution >= 4 is 5.71 Å². The van der Waals surface area contributed by atoms with E-state index < -0.39 is 0 Å². The molecule has 0 atom stereocenters. The zero-order valence-electron chi connectivity index (χ0n) is 12.0. The van der Waals surface area contributed by atoms with Crippen molar-refractivity contribution in [1.29, 1.82) is 5.26 Å². The number of hydrogen-bond donors (Lipinski definition) is 0. The highest BCUT2D eigenvalue weighted by Gasteiger charge is 2.05. The molecule has 2 aromatic carbocycles. The predicted molar refractivity (Wildman–Crippen MR) is 81.1 cm³/mol. The summed E-state index contributed by atoms with van der Waals surface area (Å²) in [4.78, 5) is 4.67. The molecule has 4 heteroatoms. The van der Waals surface area contributed by atoms with Crippen LogP contribution in [0.3, 0.4) is 0 Å². The van der Waals surface area contributed by atoms with Gasteiger partial charge in [0.1, 0.15) is 25.5 Å². The molecule has 0 saturated carbocycles. The Balaban J connectivity index is 2.11. The van der Waals surface area contributed by atoms with Crippen LogP contribution < -0.4 is 4.74 Å². The molecule has 0 aliphatic heterocycles. The fourth-order valence-electron chi connectivity index (χ4n) is 1.91. The Bertz CT molecular complexity index is 687. The second kappa shape index (κ2) is 7.11. The maximum atomic E-state index is 9.05. The standard InChI is InChI=1S/C17H16N2O2/c1-13-5-3-8-16(9-13)21-12-14-6-4-7-15(10-14)17(11-18)19-20-2/h3-10H,12H2,1-2H3. The quantitative estimate of drug-likeness (QED) is 0.622. The van der Waals surface area contributed by atoms with Gasteiger partial charge >= 0.3 is 0 Å². The largest absolute Gasteiger partial charge is 0.489 e. The fraction of sp³-hybridized carbons (Fsp3) is 0.176. The highest BCUT2D eigenvalue weighted by molar-refractivity contribution is 6.11. The Morgan fingerprint density at radius 3 is 2.71 bits per heavy atom. The number of rotatable bonds is 5. The SMILES string of the molecule is CON=C(C#N)c1cccc(COc2cccc(C)c2)c1. The lowest BCUT2D eigenvalue weighted by Gasteiger charge is -2.08. The van der Waals surface area contributed by atoms with Crippen molar-refractivity contribution in [3.8, 4) is 11.8 Å². The summed E-state index contributed by atoms with van der Waals surface area (Å²) in [5, 5.41) is 12.7. The molecule has 0 aromatic heterocycles. The van der Waals surface area contributed by atoms with Crippen LogP contribution in [0.5, 0.6) is 5.75 Å². The molecule has 0 radical (unpaired) electrons. The van der Waals surface area contributed by atoms with Gasteiger partial charge in [-0.15, -0.1) is 0 Å². The maximum absolute atomic E-state index is 9.05. The minimum atomic E-state index is 0.245. The number of oxime groups is 1. The summed E-state index contributed by atoms with van der Waals surface area (Å²) in [6.45, 7) is 2.46. The number of ether oxygens (including phenoxy) is 1. The zero-order chi connectivity index (χ0) is 15.1. The summed E-state index contributed by atoms with van der Waals surface area (Å²) in [5.41, 5.74) is 3.08. The predicted octanol–water partition coefficient (Wildman–Crippen LogP) is 3.45. The van der Waals surface area contributed by atoms with Gasteiger partial charge in [-0.2, -0.15) is 5.26 Å². The van der Waals surface area contributed by atoms with Crippen molar-refractivity contribution in [2.45, 2.75) is 13.5 Å². The first kappa shape index (κ1) is 14.6. The third kappa shape index (κ3) is 4.08. The normalized spacial score (nSPS) is 10.8. The molecule has 0 unspecified atom stereocenters. The van der Waals surface area contributed by atoms with E-state index in [2.05, 4.69) is 9.99 Å². The molecular formula is C17H16N2O2. The van der Waals surface area contributed by atoms with Crippen molar-refractivity contribution < 1.29 is 9.57 Å². The molecule has 2 aromatic rings. The van der Waals surface area contributed by atoms with Crippen LogP contribution in [-0.4, -0.2) is 12.8 Å². The van der Waals surface area contributed by atoms with E-state index in [1.165, 1.54) is 7.11 Å². The van der Waals surface area contributed by atoms with E-state index in [4.69, 9.17) is 10.00 Å². The number of nitrogens with zero attached hydrogens (tertiary/aromatic N) is 2. The average molecular weight is 280 g/mol. The summed E-state index contributed by atoms with van der Waals surface area (Å²) < 4.78 is 5.75. The molecule has 21 heavy (non-hydrogen) atoms. The van der Waals surface area contributed by atoms with Gasteiger partial charge < -0.3 is 9.57 Å². The van der Waals surface area contributed by atoms with Crippen molar-refractivity contribution in [2.24, 2.45) is 5.16 Å². The van der Waals surface area contributed by atoms with Gasteiger partial charge in [0.05, 0.1) is 0 Å². The summed E-state index contributed by atoms with van der Waals surface area (Å²) in [7, 11) is 1.42. The number of benzene rings is 2. The molecule has 0 heterocycles. The van der Waals surface area contributed by atoms with Crippen molar-refractivity contribution in [2.75, 3.05) is 7.11 Å². The van der Waals surface area contributed by atoms with Gasteiger partial charge in [-0.05, 0) is 36.2 Å². The molecule has 0 amide bonds. The molecule has 0 spiro atoms. The molecule has 0 fully saturated rings. The second-order valence-corrected chi connectivity index (χ2v) is 4.54. The van der Waals surface area contributed by atoms with Gasteiger partial charge in [0.2, 0.25) is 0 Å². The van der Waals surface area contributed by atoms with Gasteiger partial charge in [0.25, 0.3) is 0 Å². The van der Waals surface area contributed by atoms with Crippen molar-refractivity contribution in [3.05, 3.63) is 65.2 Å². The third-order valence-corrected chi connectivity index (χ3v) is 2.88. The van der Waals surface area contributed by atoms with E-state index in [1.54, 1.807) is 0 Å². The summed E-state index contributed by atoms with van der Waals surface area (Å²) in [5.74, 6) is 0.825. The molecular weight excluding hydrogens is 264 g/mol. The lowest BCUT2D eigenvalue weighted by Crippen LogP contribution is -2.01. The van der Waals surface area contributed by atoms with Crippen LogP contribution in [0.4, 0.5) is 0 Å². The number of aryl methyl sites for hydroxylation is 1. The first-order valence-corrected chi connectivity index (χ1v) is 6.53. The molecule has 0 aliphatic rings. The van der Waals surface area contributed by atoms with Gasteiger partial charge in [0.15, 0.2) is 5.71 Å². The fourth-order valence-corrected chi connectivity index (χ4v) is 1.91. The minimum Gasteiger partial charge on any atom is -0.489 e. The van der Waals surface area contributed by atoms with E-state index in [0.717, 1.165) is 16.9 Å². The maximum Gasteiger partial charge on any atom is 0.186 e. The lowest BCUT2D eigenvalue weighted by atomic mass is 10.1. The lowest BCUT2D eigenvalue weighted by molar-refractivity contribution is 0.214. The summed E-state index contributed by atoms with van der Waals surface area (Å²) in [6.07, 6.45) is 0. The average Bonchev–Trinajstić information content (AvgIpc) is 2.51. The van der Waals surface area contributed by atoms with Crippen LogP contribution in [0.15, 0.2) is 53.7 Å². The number of hydrogen-bond acceptors (Lipinski definition) is 4. The summed E-state index contributed by atoms with van der Waals surface area (Å²) in [6, 6.07) is 17.4. The van der Waals surface area contributed by atoms with E-state index in [1.807, 2.05) is 61.5 Å². The third-order valence-electron chi connectivity index (χ3n) is 2.88. The van der Waals surface area contributed by atoms with Gasteiger partial charge in [-0.1, -0.05) is 35.5 Å². The van der Waals surface area contributed by atoms with Gasteiger partial charge in [-0.25, -0.2) is 0 Å².